The minimum atomic E-state index is -0.109. The minimum Gasteiger partial charge on any atom is -0.287 e. The van der Waals surface area contributed by atoms with Gasteiger partial charge in [-0.2, -0.15) is 5.10 Å². The standard InChI is InChI=1S/C15H10ClN3O/c16-10-5-7-11(8-6-10)19-17-9-14-15(20)12-3-1-2-4-13(12)18-14/h1-9,19H/b17-9-. The van der Waals surface area contributed by atoms with Crippen LogP contribution < -0.4 is 5.43 Å². The highest BCUT2D eigenvalue weighted by Gasteiger charge is 2.22. The van der Waals surface area contributed by atoms with Gasteiger partial charge in [-0.3, -0.25) is 10.2 Å². The Bertz CT molecular complexity index is 720. The van der Waals surface area contributed by atoms with Crippen LogP contribution in [0.4, 0.5) is 11.4 Å². The van der Waals surface area contributed by atoms with E-state index in [1.807, 2.05) is 12.1 Å². The summed E-state index contributed by atoms with van der Waals surface area (Å²) in [5.41, 5.74) is 5.23. The van der Waals surface area contributed by atoms with E-state index in [9.17, 15) is 4.79 Å². The third-order valence-corrected chi connectivity index (χ3v) is 3.10. The minimum absolute atomic E-state index is 0.109. The monoisotopic (exact) mass is 283 g/mol. The Kier molecular flexibility index (Phi) is 3.31. The number of carbonyl (C=O) groups excluding carboxylic acids is 1. The number of Topliss-reactive ketones (excluding diaryl/α,β-unsaturated/α-hetero) is 1. The number of benzene rings is 2. The van der Waals surface area contributed by atoms with Gasteiger partial charge in [0.1, 0.15) is 5.71 Å². The summed E-state index contributed by atoms with van der Waals surface area (Å²) in [5, 5.41) is 4.67. The van der Waals surface area contributed by atoms with Crippen molar-refractivity contribution < 1.29 is 4.79 Å². The molecule has 0 fully saturated rings. The van der Waals surface area contributed by atoms with Gasteiger partial charge in [0.15, 0.2) is 0 Å². The van der Waals surface area contributed by atoms with Crippen molar-refractivity contribution in [2.24, 2.45) is 10.1 Å². The van der Waals surface area contributed by atoms with E-state index in [1.54, 1.807) is 36.4 Å². The number of hydrogen-bond acceptors (Lipinski definition) is 4. The second kappa shape index (κ2) is 5.27. The highest BCUT2D eigenvalue weighted by Crippen LogP contribution is 2.25. The summed E-state index contributed by atoms with van der Waals surface area (Å²) in [7, 11) is 0. The molecule has 4 nitrogen and oxygen atoms in total. The van der Waals surface area contributed by atoms with Gasteiger partial charge in [0.25, 0.3) is 0 Å². The second-order valence-corrected chi connectivity index (χ2v) is 4.66. The largest absolute Gasteiger partial charge is 0.287 e. The Balaban J connectivity index is 1.72. The Morgan fingerprint density at radius 3 is 2.60 bits per heavy atom. The van der Waals surface area contributed by atoms with Crippen LogP contribution in [0.5, 0.6) is 0 Å². The molecule has 0 atom stereocenters. The summed E-state index contributed by atoms with van der Waals surface area (Å²) in [6.07, 6.45) is 1.43. The lowest BCUT2D eigenvalue weighted by atomic mass is 10.1. The first-order chi connectivity index (χ1) is 9.74. The molecule has 0 saturated heterocycles. The van der Waals surface area contributed by atoms with E-state index < -0.39 is 0 Å². The molecule has 1 N–H and O–H groups in total. The van der Waals surface area contributed by atoms with Crippen molar-refractivity contribution in [3.05, 3.63) is 59.1 Å². The van der Waals surface area contributed by atoms with Crippen LogP contribution in [-0.4, -0.2) is 17.7 Å². The molecule has 0 bridgehead atoms. The van der Waals surface area contributed by atoms with Crippen LogP contribution in [0.15, 0.2) is 58.6 Å². The number of anilines is 1. The maximum absolute atomic E-state index is 12.0. The van der Waals surface area contributed by atoms with Crippen LogP contribution in [0.2, 0.25) is 5.02 Å². The number of aliphatic imine (C=N–C) groups is 1. The molecule has 0 radical (unpaired) electrons. The van der Waals surface area contributed by atoms with Gasteiger partial charge in [0, 0.05) is 10.6 Å². The molecule has 2 aromatic rings. The third-order valence-electron chi connectivity index (χ3n) is 2.85. The van der Waals surface area contributed by atoms with Gasteiger partial charge in [0.05, 0.1) is 17.6 Å². The molecule has 1 aliphatic heterocycles. The lowest BCUT2D eigenvalue weighted by Crippen LogP contribution is -2.11. The molecule has 2 aromatic carbocycles. The van der Waals surface area contributed by atoms with Crippen LogP contribution in [0.25, 0.3) is 0 Å². The fourth-order valence-corrected chi connectivity index (χ4v) is 1.99. The van der Waals surface area contributed by atoms with Crippen molar-refractivity contribution in [1.29, 1.82) is 0 Å². The number of nitrogens with one attached hydrogen (secondary N) is 1. The highest BCUT2D eigenvalue weighted by atomic mass is 35.5. The summed E-state index contributed by atoms with van der Waals surface area (Å²) in [4.78, 5) is 16.3. The summed E-state index contributed by atoms with van der Waals surface area (Å²) in [6.45, 7) is 0. The molecule has 0 spiro atoms. The Hall–Kier alpha value is -2.46. The second-order valence-electron chi connectivity index (χ2n) is 4.22. The lowest BCUT2D eigenvalue weighted by Gasteiger charge is -1.99. The Labute approximate surface area is 120 Å². The lowest BCUT2D eigenvalue weighted by molar-refractivity contribution is 0.107. The zero-order chi connectivity index (χ0) is 13.9. The first-order valence-electron chi connectivity index (χ1n) is 6.01. The molecule has 0 unspecified atom stereocenters. The molecule has 0 aliphatic carbocycles. The molecule has 0 amide bonds. The predicted octanol–water partition coefficient (Wildman–Crippen LogP) is 3.71. The predicted molar refractivity (Wildman–Crippen MR) is 81.4 cm³/mol. The topological polar surface area (TPSA) is 53.8 Å². The normalized spacial score (nSPS) is 13.4. The number of rotatable bonds is 3. The fourth-order valence-electron chi connectivity index (χ4n) is 1.86. The van der Waals surface area contributed by atoms with E-state index in [0.717, 1.165) is 5.69 Å². The van der Waals surface area contributed by atoms with Crippen LogP contribution in [0.1, 0.15) is 10.4 Å². The van der Waals surface area contributed by atoms with E-state index >= 15 is 0 Å². The number of para-hydroxylation sites is 1. The van der Waals surface area contributed by atoms with Gasteiger partial charge in [-0.25, -0.2) is 4.99 Å². The van der Waals surface area contributed by atoms with Crippen molar-refractivity contribution in [3.8, 4) is 0 Å². The zero-order valence-electron chi connectivity index (χ0n) is 10.4. The molecule has 1 aliphatic rings. The van der Waals surface area contributed by atoms with Gasteiger partial charge in [0.2, 0.25) is 5.78 Å². The maximum Gasteiger partial charge on any atom is 0.215 e. The molecule has 1 heterocycles. The molecular formula is C15H10ClN3O. The van der Waals surface area contributed by atoms with E-state index in [2.05, 4.69) is 15.5 Å². The van der Waals surface area contributed by atoms with Crippen molar-refractivity contribution in [3.63, 3.8) is 0 Å². The van der Waals surface area contributed by atoms with E-state index in [-0.39, 0.29) is 5.78 Å². The third kappa shape index (κ3) is 2.46. The average molecular weight is 284 g/mol. The number of hydrogen-bond donors (Lipinski definition) is 1. The van der Waals surface area contributed by atoms with Crippen molar-refractivity contribution in [1.82, 2.24) is 0 Å². The Morgan fingerprint density at radius 2 is 1.85 bits per heavy atom. The maximum atomic E-state index is 12.0. The van der Waals surface area contributed by atoms with Gasteiger partial charge >= 0.3 is 0 Å². The highest BCUT2D eigenvalue weighted by molar-refractivity contribution is 6.67. The van der Waals surface area contributed by atoms with E-state index in [4.69, 9.17) is 11.6 Å². The molecule has 3 rings (SSSR count). The van der Waals surface area contributed by atoms with Gasteiger partial charge in [-0.15, -0.1) is 0 Å². The molecule has 98 valence electrons. The Morgan fingerprint density at radius 1 is 1.10 bits per heavy atom. The molecular weight excluding hydrogens is 274 g/mol. The van der Waals surface area contributed by atoms with Gasteiger partial charge in [-0.05, 0) is 36.4 Å². The van der Waals surface area contributed by atoms with Crippen LogP contribution in [0, 0.1) is 0 Å². The van der Waals surface area contributed by atoms with E-state index in [0.29, 0.717) is 22.0 Å². The summed E-state index contributed by atoms with van der Waals surface area (Å²) >= 11 is 5.79. The zero-order valence-corrected chi connectivity index (χ0v) is 11.1. The first-order valence-corrected chi connectivity index (χ1v) is 6.39. The average Bonchev–Trinajstić information content (AvgIpc) is 2.78. The van der Waals surface area contributed by atoms with Crippen LogP contribution in [-0.2, 0) is 0 Å². The van der Waals surface area contributed by atoms with Gasteiger partial charge in [-0.1, -0.05) is 23.7 Å². The number of carbonyl (C=O) groups is 1. The van der Waals surface area contributed by atoms with Crippen molar-refractivity contribution in [2.75, 3.05) is 5.43 Å². The van der Waals surface area contributed by atoms with Crippen LogP contribution in [0.3, 0.4) is 0 Å². The van der Waals surface area contributed by atoms with Gasteiger partial charge < -0.3 is 0 Å². The summed E-state index contributed by atoms with van der Waals surface area (Å²) in [5.74, 6) is -0.109. The van der Waals surface area contributed by atoms with E-state index in [1.165, 1.54) is 6.21 Å². The number of ketones is 1. The van der Waals surface area contributed by atoms with Crippen molar-refractivity contribution in [2.45, 2.75) is 0 Å². The number of halogens is 1. The number of nitrogens with zero attached hydrogens (tertiary/aromatic N) is 2. The molecule has 20 heavy (non-hydrogen) atoms. The molecule has 0 aromatic heterocycles. The fraction of sp³-hybridized carbons (Fsp3) is 0. The summed E-state index contributed by atoms with van der Waals surface area (Å²) in [6, 6.07) is 14.3. The molecule has 5 heteroatoms. The summed E-state index contributed by atoms with van der Waals surface area (Å²) < 4.78 is 0. The molecule has 0 saturated carbocycles. The smallest absolute Gasteiger partial charge is 0.215 e. The number of hydrazone groups is 1. The SMILES string of the molecule is O=C1C(/C=N\Nc2ccc(Cl)cc2)=Nc2ccccc21. The number of fused-ring (bicyclic) bond motifs is 1. The van der Waals surface area contributed by atoms with Crippen molar-refractivity contribution >= 4 is 40.7 Å². The quantitative estimate of drug-likeness (QED) is 0.690. The first kappa shape index (κ1) is 12.6. The van der Waals surface area contributed by atoms with Crippen LogP contribution >= 0.6 is 11.6 Å².